The first-order chi connectivity index (χ1) is 13.3. The summed E-state index contributed by atoms with van der Waals surface area (Å²) < 4.78 is 11.4. The normalized spacial score (nSPS) is 19.3. The fourth-order valence-corrected chi connectivity index (χ4v) is 3.70. The minimum absolute atomic E-state index is 0.121. The highest BCUT2D eigenvalue weighted by Gasteiger charge is 2.18. The van der Waals surface area contributed by atoms with Crippen LogP contribution in [0.4, 0.5) is 11.4 Å². The monoisotopic (exact) mass is 366 g/mol. The number of hydrogen-bond acceptors (Lipinski definition) is 4. The minimum Gasteiger partial charge on any atom is -0.491 e. The first kappa shape index (κ1) is 17.9. The molecule has 0 bridgehead atoms. The molecule has 1 N–H and O–H groups in total. The van der Waals surface area contributed by atoms with E-state index < -0.39 is 0 Å². The van der Waals surface area contributed by atoms with Crippen molar-refractivity contribution in [2.24, 2.45) is 0 Å². The van der Waals surface area contributed by atoms with Crippen molar-refractivity contribution in [1.29, 1.82) is 0 Å². The molecule has 2 aliphatic heterocycles. The maximum absolute atomic E-state index is 12.8. The lowest BCUT2D eigenvalue weighted by Gasteiger charge is -2.21. The second-order valence-electron chi connectivity index (χ2n) is 7.14. The Kier molecular flexibility index (Phi) is 5.58. The molecule has 1 atom stereocenters. The Labute approximate surface area is 160 Å². The summed E-state index contributed by atoms with van der Waals surface area (Å²) >= 11 is 0. The Morgan fingerprint density at radius 3 is 2.78 bits per heavy atom. The summed E-state index contributed by atoms with van der Waals surface area (Å²) in [6.45, 7) is 3.43. The van der Waals surface area contributed by atoms with Gasteiger partial charge in [0.15, 0.2) is 0 Å². The van der Waals surface area contributed by atoms with Crippen LogP contribution in [0.3, 0.4) is 0 Å². The molecular weight excluding hydrogens is 340 g/mol. The second kappa shape index (κ2) is 8.44. The van der Waals surface area contributed by atoms with Gasteiger partial charge < -0.3 is 19.7 Å². The quantitative estimate of drug-likeness (QED) is 0.836. The molecule has 1 unspecified atom stereocenters. The molecule has 0 aliphatic carbocycles. The van der Waals surface area contributed by atoms with E-state index in [2.05, 4.69) is 16.3 Å². The molecule has 2 fully saturated rings. The summed E-state index contributed by atoms with van der Waals surface area (Å²) in [6.07, 6.45) is 4.69. The van der Waals surface area contributed by atoms with Gasteiger partial charge in [-0.3, -0.25) is 4.79 Å². The van der Waals surface area contributed by atoms with E-state index in [9.17, 15) is 4.79 Å². The van der Waals surface area contributed by atoms with Gasteiger partial charge in [-0.15, -0.1) is 0 Å². The highest BCUT2D eigenvalue weighted by atomic mass is 16.5. The van der Waals surface area contributed by atoms with E-state index in [4.69, 9.17) is 9.47 Å². The smallest absolute Gasteiger partial charge is 0.255 e. The van der Waals surface area contributed by atoms with Crippen LogP contribution in [0.2, 0.25) is 0 Å². The van der Waals surface area contributed by atoms with Gasteiger partial charge in [0.1, 0.15) is 12.4 Å². The van der Waals surface area contributed by atoms with Crippen LogP contribution >= 0.6 is 0 Å². The van der Waals surface area contributed by atoms with Gasteiger partial charge in [0.2, 0.25) is 0 Å². The van der Waals surface area contributed by atoms with Crippen molar-refractivity contribution in [3.63, 3.8) is 0 Å². The third-order valence-electron chi connectivity index (χ3n) is 5.16. The van der Waals surface area contributed by atoms with Gasteiger partial charge in [-0.2, -0.15) is 0 Å². The van der Waals surface area contributed by atoms with E-state index in [1.54, 1.807) is 6.07 Å². The number of benzene rings is 2. The summed E-state index contributed by atoms with van der Waals surface area (Å²) in [5.74, 6) is 0.579. The van der Waals surface area contributed by atoms with Crippen LogP contribution in [0.25, 0.3) is 0 Å². The number of ether oxygens (including phenoxy) is 2. The standard InChI is InChI=1S/C22H26N2O3/c25-22(23-20-10-1-2-11-21(20)24-12-3-4-13-24)17-7-5-8-18(15-17)27-16-19-9-6-14-26-19/h1-2,5,7-8,10-11,15,19H,3-4,6,9,12-14,16H2,(H,23,25). The third-order valence-corrected chi connectivity index (χ3v) is 5.16. The first-order valence-corrected chi connectivity index (χ1v) is 9.79. The van der Waals surface area contributed by atoms with Crippen LogP contribution in [0.15, 0.2) is 48.5 Å². The van der Waals surface area contributed by atoms with Crippen LogP contribution in [-0.2, 0) is 4.74 Å². The van der Waals surface area contributed by atoms with E-state index in [1.807, 2.05) is 36.4 Å². The Morgan fingerprint density at radius 2 is 1.96 bits per heavy atom. The maximum atomic E-state index is 12.8. The molecule has 2 aliphatic rings. The van der Waals surface area contributed by atoms with E-state index in [-0.39, 0.29) is 12.0 Å². The van der Waals surface area contributed by atoms with Crippen molar-refractivity contribution in [2.45, 2.75) is 31.8 Å². The molecule has 1 amide bonds. The van der Waals surface area contributed by atoms with Gasteiger partial charge in [-0.05, 0) is 56.0 Å². The van der Waals surface area contributed by atoms with Gasteiger partial charge >= 0.3 is 0 Å². The van der Waals surface area contributed by atoms with Gasteiger partial charge in [-0.1, -0.05) is 18.2 Å². The number of carbonyl (C=O) groups is 1. The van der Waals surface area contributed by atoms with Crippen LogP contribution in [0.5, 0.6) is 5.75 Å². The lowest BCUT2D eigenvalue weighted by Crippen LogP contribution is -2.21. The molecule has 0 spiro atoms. The van der Waals surface area contributed by atoms with Crippen molar-refractivity contribution < 1.29 is 14.3 Å². The average molecular weight is 366 g/mol. The zero-order valence-electron chi connectivity index (χ0n) is 15.5. The van der Waals surface area contributed by atoms with Crippen molar-refractivity contribution in [3.05, 3.63) is 54.1 Å². The number of hydrogen-bond donors (Lipinski definition) is 1. The SMILES string of the molecule is O=C(Nc1ccccc1N1CCCC1)c1cccc(OCC2CCCO2)c1. The molecule has 2 saturated heterocycles. The second-order valence-corrected chi connectivity index (χ2v) is 7.14. The number of carbonyl (C=O) groups excluding carboxylic acids is 1. The van der Waals surface area contributed by atoms with Crippen molar-refractivity contribution >= 4 is 17.3 Å². The number of amides is 1. The van der Waals surface area contributed by atoms with Crippen LogP contribution in [-0.4, -0.2) is 38.3 Å². The molecule has 0 saturated carbocycles. The number of para-hydroxylation sites is 2. The van der Waals surface area contributed by atoms with E-state index in [0.717, 1.165) is 43.9 Å². The van der Waals surface area contributed by atoms with Crippen molar-refractivity contribution in [2.75, 3.05) is 36.5 Å². The maximum Gasteiger partial charge on any atom is 0.255 e. The summed E-state index contributed by atoms with van der Waals surface area (Å²) in [4.78, 5) is 15.1. The summed E-state index contributed by atoms with van der Waals surface area (Å²) in [5.41, 5.74) is 2.54. The molecule has 27 heavy (non-hydrogen) atoms. The summed E-state index contributed by atoms with van der Waals surface area (Å²) in [5, 5.41) is 3.07. The molecule has 4 rings (SSSR count). The first-order valence-electron chi connectivity index (χ1n) is 9.79. The molecule has 5 heteroatoms. The third kappa shape index (κ3) is 4.42. The fourth-order valence-electron chi connectivity index (χ4n) is 3.70. The highest BCUT2D eigenvalue weighted by Crippen LogP contribution is 2.29. The van der Waals surface area contributed by atoms with Gasteiger partial charge in [0, 0.05) is 25.3 Å². The van der Waals surface area contributed by atoms with Crippen LogP contribution in [0.1, 0.15) is 36.0 Å². The molecule has 5 nitrogen and oxygen atoms in total. The fraction of sp³-hybridized carbons (Fsp3) is 0.409. The molecule has 0 aromatic heterocycles. The minimum atomic E-state index is -0.121. The predicted octanol–water partition coefficient (Wildman–Crippen LogP) is 4.10. The van der Waals surface area contributed by atoms with Crippen molar-refractivity contribution in [1.82, 2.24) is 0 Å². The van der Waals surface area contributed by atoms with Gasteiger partial charge in [-0.25, -0.2) is 0 Å². The van der Waals surface area contributed by atoms with E-state index in [1.165, 1.54) is 12.8 Å². The summed E-state index contributed by atoms with van der Waals surface area (Å²) in [6, 6.07) is 15.3. The Morgan fingerprint density at radius 1 is 1.11 bits per heavy atom. The Bertz CT molecular complexity index is 781. The Hall–Kier alpha value is -2.53. The molecule has 2 heterocycles. The van der Waals surface area contributed by atoms with Gasteiger partial charge in [0.05, 0.1) is 17.5 Å². The lowest BCUT2D eigenvalue weighted by atomic mass is 10.2. The average Bonchev–Trinajstić information content (AvgIpc) is 3.41. The van der Waals surface area contributed by atoms with E-state index in [0.29, 0.717) is 17.9 Å². The molecule has 142 valence electrons. The number of nitrogens with zero attached hydrogens (tertiary/aromatic N) is 1. The predicted molar refractivity (Wildman–Crippen MR) is 107 cm³/mol. The number of rotatable bonds is 6. The van der Waals surface area contributed by atoms with Gasteiger partial charge in [0.25, 0.3) is 5.91 Å². The van der Waals surface area contributed by atoms with Crippen molar-refractivity contribution in [3.8, 4) is 5.75 Å². The number of nitrogens with one attached hydrogen (secondary N) is 1. The molecule has 2 aromatic carbocycles. The highest BCUT2D eigenvalue weighted by molar-refractivity contribution is 6.06. The lowest BCUT2D eigenvalue weighted by molar-refractivity contribution is 0.0679. The number of anilines is 2. The molecule has 2 aromatic rings. The largest absolute Gasteiger partial charge is 0.491 e. The molecule has 0 radical (unpaired) electrons. The Balaban J connectivity index is 1.43. The van der Waals surface area contributed by atoms with Crippen LogP contribution < -0.4 is 15.0 Å². The zero-order valence-corrected chi connectivity index (χ0v) is 15.5. The zero-order chi connectivity index (χ0) is 18.5. The van der Waals surface area contributed by atoms with Crippen LogP contribution in [0, 0.1) is 0 Å². The summed E-state index contributed by atoms with van der Waals surface area (Å²) in [7, 11) is 0. The molecular formula is C22H26N2O3. The topological polar surface area (TPSA) is 50.8 Å². The van der Waals surface area contributed by atoms with E-state index >= 15 is 0 Å².